The zero-order valence-corrected chi connectivity index (χ0v) is 43.1. The number of rotatable bonds is 49. The van der Waals surface area contributed by atoms with Crippen molar-refractivity contribution in [2.45, 2.75) is 240 Å². The van der Waals surface area contributed by atoms with Crippen LogP contribution in [0.5, 0.6) is 0 Å². The van der Waals surface area contributed by atoms with E-state index in [0.717, 1.165) is 127 Å². The minimum absolute atomic E-state index is 0.00749. The second-order valence-electron chi connectivity index (χ2n) is 19.0. The quantitative estimate of drug-likeness (QED) is 0.0252. The summed E-state index contributed by atoms with van der Waals surface area (Å²) < 4.78 is 22.8. The Labute approximate surface area is 404 Å². The Balaban J connectivity index is 2.50. The Morgan fingerprint density at radius 2 is 0.818 bits per heavy atom. The van der Waals surface area contributed by atoms with Crippen LogP contribution in [0, 0.1) is 11.8 Å². The average molecular weight is 933 g/mol. The molecule has 11 nitrogen and oxygen atoms in total. The molecule has 0 bridgehead atoms. The molecule has 2 amide bonds. The summed E-state index contributed by atoms with van der Waals surface area (Å²) in [6, 6.07) is 0. The zero-order chi connectivity index (χ0) is 48.1. The van der Waals surface area contributed by atoms with Gasteiger partial charge in [-0.2, -0.15) is 0 Å². The lowest BCUT2D eigenvalue weighted by Crippen LogP contribution is -2.32. The standard InChI is InChI=1S/C55H100N2O9/c1-5-9-13-17-19-27-35-49(33-25-15-11-7-3)54(61)65-44-31-23-21-29-40-56(43-46-63-47-48-64-53(60)39-42-57-51(58)37-38-52(57)59)41-30-22-24-32-45-66-55(62)50(34-26-16-12-8-4)36-28-20-18-14-10-6-2/h37-38,49-50H,5-36,39-48H2,1-4H3. The number of carbonyl (C=O) groups is 5. The van der Waals surface area contributed by atoms with Gasteiger partial charge in [-0.3, -0.25) is 28.9 Å². The maximum absolute atomic E-state index is 13.1. The summed E-state index contributed by atoms with van der Waals surface area (Å²) in [5.41, 5.74) is 0. The molecule has 0 spiro atoms. The number of esters is 3. The maximum atomic E-state index is 13.1. The largest absolute Gasteiger partial charge is 0.465 e. The molecule has 11 heteroatoms. The fourth-order valence-electron chi connectivity index (χ4n) is 8.67. The van der Waals surface area contributed by atoms with Crippen molar-refractivity contribution >= 4 is 29.7 Å². The number of hydrogen-bond donors (Lipinski definition) is 0. The molecule has 0 fully saturated rings. The molecule has 1 rings (SSSR count). The molecule has 1 aliphatic heterocycles. The molecular weight excluding hydrogens is 833 g/mol. The van der Waals surface area contributed by atoms with Gasteiger partial charge in [-0.1, -0.05) is 182 Å². The monoisotopic (exact) mass is 933 g/mol. The first-order valence-electron chi connectivity index (χ1n) is 27.6. The van der Waals surface area contributed by atoms with Crippen LogP contribution in [0.15, 0.2) is 12.2 Å². The Kier molecular flexibility index (Phi) is 41.5. The fraction of sp³-hybridized carbons (Fsp3) is 0.873. The average Bonchev–Trinajstić information content (AvgIpc) is 3.64. The molecule has 0 radical (unpaired) electrons. The Hall–Kier alpha value is -2.79. The van der Waals surface area contributed by atoms with Gasteiger partial charge in [0, 0.05) is 25.2 Å². The third-order valence-electron chi connectivity index (χ3n) is 13.0. The lowest BCUT2D eigenvalue weighted by molar-refractivity contribution is -0.150. The molecule has 66 heavy (non-hydrogen) atoms. The van der Waals surface area contributed by atoms with Crippen molar-refractivity contribution in [3.8, 4) is 0 Å². The number of unbranched alkanes of at least 4 members (excludes halogenated alkanes) is 22. The summed E-state index contributed by atoms with van der Waals surface area (Å²) in [5, 5.41) is 0. The van der Waals surface area contributed by atoms with Crippen LogP contribution in [0.2, 0.25) is 0 Å². The predicted octanol–water partition coefficient (Wildman–Crippen LogP) is 13.0. The van der Waals surface area contributed by atoms with E-state index in [1.54, 1.807) is 0 Å². The molecular formula is C55H100N2O9. The molecule has 1 heterocycles. The normalized spacial score (nSPS) is 13.5. The molecule has 0 saturated heterocycles. The van der Waals surface area contributed by atoms with Gasteiger partial charge >= 0.3 is 17.9 Å². The van der Waals surface area contributed by atoms with Crippen LogP contribution in [0.1, 0.15) is 240 Å². The molecule has 0 aromatic carbocycles. The highest BCUT2D eigenvalue weighted by Crippen LogP contribution is 2.22. The Bertz CT molecular complexity index is 1170. The zero-order valence-electron chi connectivity index (χ0n) is 43.1. The van der Waals surface area contributed by atoms with Crippen LogP contribution >= 0.6 is 0 Å². The number of ether oxygens (including phenoxy) is 4. The first kappa shape index (κ1) is 61.2. The summed E-state index contributed by atoms with van der Waals surface area (Å²) >= 11 is 0. The van der Waals surface area contributed by atoms with E-state index in [9.17, 15) is 24.0 Å². The van der Waals surface area contributed by atoms with Crippen LogP contribution in [-0.4, -0.2) is 98.7 Å². The fourth-order valence-corrected chi connectivity index (χ4v) is 8.67. The van der Waals surface area contributed by atoms with E-state index >= 15 is 0 Å². The number of nitrogens with zero attached hydrogens (tertiary/aromatic N) is 2. The first-order valence-corrected chi connectivity index (χ1v) is 27.6. The third kappa shape index (κ3) is 34.5. The van der Waals surface area contributed by atoms with Gasteiger partial charge < -0.3 is 23.8 Å². The molecule has 1 aliphatic rings. The van der Waals surface area contributed by atoms with Gasteiger partial charge in [0.25, 0.3) is 11.8 Å². The molecule has 0 aromatic rings. The van der Waals surface area contributed by atoms with Gasteiger partial charge in [-0.25, -0.2) is 0 Å². The van der Waals surface area contributed by atoms with Crippen molar-refractivity contribution in [1.29, 1.82) is 0 Å². The molecule has 0 aromatic heterocycles. The van der Waals surface area contributed by atoms with Gasteiger partial charge in [0.1, 0.15) is 6.61 Å². The molecule has 2 atom stereocenters. The summed E-state index contributed by atoms with van der Waals surface area (Å²) in [5.74, 6) is -1.18. The van der Waals surface area contributed by atoms with E-state index in [1.165, 1.54) is 115 Å². The smallest absolute Gasteiger partial charge is 0.308 e. The van der Waals surface area contributed by atoms with E-state index in [0.29, 0.717) is 19.8 Å². The number of carbonyl (C=O) groups excluding carboxylic acids is 5. The summed E-state index contributed by atoms with van der Waals surface area (Å²) in [6.45, 7) is 13.5. The van der Waals surface area contributed by atoms with Crippen molar-refractivity contribution in [2.24, 2.45) is 11.8 Å². The minimum atomic E-state index is -0.469. The number of amides is 2. The summed E-state index contributed by atoms with van der Waals surface area (Å²) in [6.07, 6.45) is 38.6. The highest BCUT2D eigenvalue weighted by Gasteiger charge is 2.24. The molecule has 0 aliphatic carbocycles. The maximum Gasteiger partial charge on any atom is 0.308 e. The predicted molar refractivity (Wildman–Crippen MR) is 268 cm³/mol. The van der Waals surface area contributed by atoms with Crippen LogP contribution in [0.4, 0.5) is 0 Å². The van der Waals surface area contributed by atoms with Gasteiger partial charge in [-0.15, -0.1) is 0 Å². The van der Waals surface area contributed by atoms with Crippen molar-refractivity contribution in [3.63, 3.8) is 0 Å². The van der Waals surface area contributed by atoms with Crippen molar-refractivity contribution in [2.75, 3.05) is 59.2 Å². The lowest BCUT2D eigenvalue weighted by atomic mass is 9.94. The topological polar surface area (TPSA) is 129 Å². The molecule has 384 valence electrons. The van der Waals surface area contributed by atoms with Gasteiger partial charge in [0.2, 0.25) is 0 Å². The minimum Gasteiger partial charge on any atom is -0.465 e. The highest BCUT2D eigenvalue weighted by atomic mass is 16.6. The van der Waals surface area contributed by atoms with Gasteiger partial charge in [0.15, 0.2) is 0 Å². The molecule has 0 saturated carbocycles. The first-order chi connectivity index (χ1) is 32.3. The Morgan fingerprint density at radius 1 is 0.439 bits per heavy atom. The van der Waals surface area contributed by atoms with Crippen LogP contribution < -0.4 is 0 Å². The van der Waals surface area contributed by atoms with Crippen LogP contribution in [0.3, 0.4) is 0 Å². The van der Waals surface area contributed by atoms with Gasteiger partial charge in [0.05, 0.1) is 44.7 Å². The number of imide groups is 1. The SMILES string of the molecule is CCCCCCCCC(CCCCCC)C(=O)OCCCCCCN(CCCCCCOC(=O)C(CCCCCC)CCCCCCCC)CCOCCOC(=O)CCN1C(=O)C=CC1=O. The van der Waals surface area contributed by atoms with E-state index in [2.05, 4.69) is 32.6 Å². The second kappa shape index (κ2) is 44.7. The highest BCUT2D eigenvalue weighted by molar-refractivity contribution is 6.13. The van der Waals surface area contributed by atoms with Crippen LogP contribution in [-0.2, 0) is 42.9 Å². The Morgan fingerprint density at radius 3 is 1.26 bits per heavy atom. The summed E-state index contributed by atoms with van der Waals surface area (Å²) in [4.78, 5) is 65.3. The van der Waals surface area contributed by atoms with Crippen molar-refractivity contribution in [1.82, 2.24) is 9.80 Å². The van der Waals surface area contributed by atoms with E-state index < -0.39 is 17.8 Å². The van der Waals surface area contributed by atoms with Crippen molar-refractivity contribution < 1.29 is 42.9 Å². The van der Waals surface area contributed by atoms with E-state index in [4.69, 9.17) is 18.9 Å². The molecule has 2 unspecified atom stereocenters. The van der Waals surface area contributed by atoms with Gasteiger partial charge in [-0.05, 0) is 64.5 Å². The third-order valence-corrected chi connectivity index (χ3v) is 13.0. The van der Waals surface area contributed by atoms with Crippen LogP contribution in [0.25, 0.3) is 0 Å². The second-order valence-corrected chi connectivity index (χ2v) is 19.0. The van der Waals surface area contributed by atoms with E-state index in [-0.39, 0.29) is 50.0 Å². The lowest BCUT2D eigenvalue weighted by Gasteiger charge is -2.22. The number of hydrogen-bond acceptors (Lipinski definition) is 10. The molecule has 0 N–H and O–H groups in total. The van der Waals surface area contributed by atoms with E-state index in [1.807, 2.05) is 0 Å². The summed E-state index contributed by atoms with van der Waals surface area (Å²) in [7, 11) is 0. The van der Waals surface area contributed by atoms with Crippen molar-refractivity contribution in [3.05, 3.63) is 12.2 Å².